The molecule has 4 heterocycles. The minimum absolute atomic E-state index is 0.0209. The molecule has 2 aromatic rings. The molecule has 1 aromatic carbocycles. The standard InChI is InChI=1S/C44H56FN5O8S/c1-26(2)43(22-23-43)58-40(54)46-32-13-8-6-4-5-7-10-28-16-19-44(28,39(53)49-59(55,56)41(3)20-21-41)48-37(51)33-24-42(25-50(33)38(32)52)18-17-30-29-11-9-12-31(45)35(29)47-34(27-14-15-27)36(30)57-42/h7,9-12,26-28,32-33H,4-6,8,13-25H2,1-3H3,(H,46,54)(H,48,51)(H,49,53)/b10-7-/t28-,32-,33+,42-,44-/m1/s1. The largest absolute Gasteiger partial charge is 0.483 e. The quantitative estimate of drug-likeness (QED) is 0.284. The number of para-hydroxylation sites is 1. The van der Waals surface area contributed by atoms with Crippen molar-refractivity contribution in [1.29, 1.82) is 0 Å². The minimum Gasteiger partial charge on any atom is -0.483 e. The van der Waals surface area contributed by atoms with Crippen molar-refractivity contribution in [3.63, 3.8) is 0 Å². The van der Waals surface area contributed by atoms with E-state index in [0.717, 1.165) is 44.1 Å². The van der Waals surface area contributed by atoms with Gasteiger partial charge >= 0.3 is 6.09 Å². The highest BCUT2D eigenvalue weighted by Crippen LogP contribution is 2.52. The summed E-state index contributed by atoms with van der Waals surface area (Å²) in [7, 11) is -4.02. The Kier molecular flexibility index (Phi) is 9.82. The van der Waals surface area contributed by atoms with Crippen LogP contribution in [0.1, 0.15) is 134 Å². The smallest absolute Gasteiger partial charge is 0.408 e. The van der Waals surface area contributed by atoms with E-state index in [0.29, 0.717) is 73.7 Å². The van der Waals surface area contributed by atoms with E-state index in [1.807, 2.05) is 32.1 Å². The number of pyridine rings is 1. The van der Waals surface area contributed by atoms with Gasteiger partial charge in [0.25, 0.3) is 5.91 Å². The monoisotopic (exact) mass is 833 g/mol. The van der Waals surface area contributed by atoms with Crippen molar-refractivity contribution in [2.75, 3.05) is 6.54 Å². The van der Waals surface area contributed by atoms with E-state index in [2.05, 4.69) is 15.4 Å². The zero-order chi connectivity index (χ0) is 41.5. The molecular formula is C44H56FN5O8S. The average Bonchev–Trinajstić information content (AvgIpc) is 4.10. The molecule has 0 radical (unpaired) electrons. The fourth-order valence-corrected chi connectivity index (χ4v) is 11.1. The number of halogens is 1. The van der Waals surface area contributed by atoms with E-state index >= 15 is 9.18 Å². The lowest BCUT2D eigenvalue weighted by molar-refractivity contribution is -0.144. The summed E-state index contributed by atoms with van der Waals surface area (Å²) in [5.41, 5.74) is -1.32. The lowest BCUT2D eigenvalue weighted by atomic mass is 9.65. The summed E-state index contributed by atoms with van der Waals surface area (Å²) < 4.78 is 56.1. The van der Waals surface area contributed by atoms with Gasteiger partial charge in [-0.25, -0.2) is 22.6 Å². The maximum absolute atomic E-state index is 15.1. The molecule has 5 atom stereocenters. The van der Waals surface area contributed by atoms with E-state index in [9.17, 15) is 22.8 Å². The van der Waals surface area contributed by atoms with Crippen LogP contribution in [-0.4, -0.2) is 82.2 Å². The number of rotatable bonds is 7. The van der Waals surface area contributed by atoms with Crippen LogP contribution < -0.4 is 20.1 Å². The summed E-state index contributed by atoms with van der Waals surface area (Å²) in [5, 5.41) is 6.58. The van der Waals surface area contributed by atoms with E-state index in [4.69, 9.17) is 14.5 Å². The molecule has 4 amide bonds. The number of aromatic nitrogens is 1. The first-order valence-electron chi connectivity index (χ1n) is 21.7. The van der Waals surface area contributed by atoms with Gasteiger partial charge in [-0.05, 0) is 102 Å². The van der Waals surface area contributed by atoms with Gasteiger partial charge in [0.05, 0.1) is 17.0 Å². The lowest BCUT2D eigenvalue weighted by Crippen LogP contribution is -2.70. The number of fused-ring (bicyclic) bond motifs is 5. The number of sulfonamides is 1. The van der Waals surface area contributed by atoms with Gasteiger partial charge < -0.3 is 25.0 Å². The van der Waals surface area contributed by atoms with Crippen LogP contribution in [0.15, 0.2) is 30.4 Å². The normalized spacial score (nSPS) is 31.6. The van der Waals surface area contributed by atoms with Gasteiger partial charge in [-0.15, -0.1) is 0 Å². The molecule has 3 N–H and O–H groups in total. The van der Waals surface area contributed by atoms with Crippen LogP contribution in [0, 0.1) is 17.7 Å². The number of aryl methyl sites for hydroxylation is 1. The highest BCUT2D eigenvalue weighted by molar-refractivity contribution is 7.91. The number of carbonyl (C=O) groups is 4. The molecule has 1 spiro atoms. The Bertz CT molecular complexity index is 2240. The summed E-state index contributed by atoms with van der Waals surface area (Å²) in [5.74, 6) is -1.90. The fourth-order valence-electron chi connectivity index (χ4n) is 9.83. The van der Waals surface area contributed by atoms with Gasteiger partial charge in [0.2, 0.25) is 21.8 Å². The van der Waals surface area contributed by atoms with Crippen LogP contribution in [0.25, 0.3) is 10.9 Å². The Labute approximate surface area is 345 Å². The molecule has 318 valence electrons. The lowest BCUT2D eigenvalue weighted by Gasteiger charge is -2.48. The molecule has 15 heteroatoms. The van der Waals surface area contributed by atoms with Gasteiger partial charge in [0, 0.05) is 29.2 Å². The van der Waals surface area contributed by atoms with Gasteiger partial charge in [-0.2, -0.15) is 0 Å². The second kappa shape index (κ2) is 14.4. The molecule has 5 fully saturated rings. The number of amides is 4. The number of carbonyl (C=O) groups excluding carboxylic acids is 4. The Morgan fingerprint density at radius 1 is 1.03 bits per heavy atom. The van der Waals surface area contributed by atoms with Crippen molar-refractivity contribution in [3.05, 3.63) is 47.4 Å². The molecule has 0 unspecified atom stereocenters. The van der Waals surface area contributed by atoms with E-state index in [-0.39, 0.29) is 31.2 Å². The molecule has 0 bridgehead atoms. The number of benzene rings is 1. The number of nitrogens with zero attached hydrogens (tertiary/aromatic N) is 2. The van der Waals surface area contributed by atoms with Gasteiger partial charge in [0.15, 0.2) is 0 Å². The number of hydrogen-bond donors (Lipinski definition) is 3. The van der Waals surface area contributed by atoms with Crippen molar-refractivity contribution in [2.24, 2.45) is 11.8 Å². The summed E-state index contributed by atoms with van der Waals surface area (Å²) in [6, 6.07) is 2.78. The SMILES string of the molecule is CC(C)C1(OC(=O)N[C@@H]2CCCCC/C=C\[C@@H]3CC[C@@]3(C(=O)NS(=O)(=O)C3(C)CC3)NC(=O)[C@@H]3C[C@]4(CCc5c(c(C6CC6)nc6c(F)cccc56)O4)CN3C2=O)CC1. The first-order chi connectivity index (χ1) is 28.1. The topological polar surface area (TPSA) is 173 Å². The third-order valence-electron chi connectivity index (χ3n) is 14.6. The van der Waals surface area contributed by atoms with Crippen molar-refractivity contribution < 1.29 is 41.5 Å². The van der Waals surface area contributed by atoms with Gasteiger partial charge in [-0.3, -0.25) is 19.1 Å². The zero-order valence-corrected chi connectivity index (χ0v) is 35.1. The molecule has 4 aliphatic carbocycles. The number of hydrogen-bond acceptors (Lipinski definition) is 9. The number of nitrogens with one attached hydrogen (secondary N) is 3. The van der Waals surface area contributed by atoms with E-state index in [1.54, 1.807) is 13.0 Å². The highest BCUT2D eigenvalue weighted by atomic mass is 32.2. The summed E-state index contributed by atoms with van der Waals surface area (Å²) >= 11 is 0. The summed E-state index contributed by atoms with van der Waals surface area (Å²) in [6.45, 7) is 5.63. The molecule has 1 aromatic heterocycles. The van der Waals surface area contributed by atoms with Crippen LogP contribution in [0.5, 0.6) is 5.75 Å². The highest BCUT2D eigenvalue weighted by Gasteiger charge is 2.60. The van der Waals surface area contributed by atoms with Crippen LogP contribution in [0.2, 0.25) is 0 Å². The average molecular weight is 834 g/mol. The number of alkyl carbamates (subject to hydrolysis) is 1. The number of allylic oxidation sites excluding steroid dienone is 1. The minimum atomic E-state index is -4.02. The Hall–Kier alpha value is -4.27. The van der Waals surface area contributed by atoms with Crippen molar-refractivity contribution in [2.45, 2.75) is 163 Å². The molecule has 3 aliphatic heterocycles. The van der Waals surface area contributed by atoms with E-state index in [1.165, 1.54) is 11.0 Å². The van der Waals surface area contributed by atoms with Crippen LogP contribution in [0.3, 0.4) is 0 Å². The van der Waals surface area contributed by atoms with Crippen LogP contribution >= 0.6 is 0 Å². The molecule has 4 saturated carbocycles. The first kappa shape index (κ1) is 40.2. The molecule has 1 saturated heterocycles. The zero-order valence-electron chi connectivity index (χ0n) is 34.2. The molecule has 59 heavy (non-hydrogen) atoms. The predicted molar refractivity (Wildman–Crippen MR) is 216 cm³/mol. The van der Waals surface area contributed by atoms with Gasteiger partial charge in [0.1, 0.15) is 45.9 Å². The molecular weight excluding hydrogens is 778 g/mol. The Morgan fingerprint density at radius 3 is 2.49 bits per heavy atom. The number of ether oxygens (including phenoxy) is 2. The third kappa shape index (κ3) is 7.16. The van der Waals surface area contributed by atoms with Crippen molar-refractivity contribution >= 4 is 44.7 Å². The summed E-state index contributed by atoms with van der Waals surface area (Å²) in [6.07, 6.45) is 12.4. The van der Waals surface area contributed by atoms with Crippen LogP contribution in [0.4, 0.5) is 9.18 Å². The van der Waals surface area contributed by atoms with Crippen molar-refractivity contribution in [3.8, 4) is 5.75 Å². The first-order valence-corrected chi connectivity index (χ1v) is 23.2. The predicted octanol–water partition coefficient (Wildman–Crippen LogP) is 5.98. The molecule has 9 rings (SSSR count). The van der Waals surface area contributed by atoms with Crippen LogP contribution in [-0.2, 0) is 35.6 Å². The third-order valence-corrected chi connectivity index (χ3v) is 16.8. The second-order valence-electron chi connectivity index (χ2n) is 19.0. The summed E-state index contributed by atoms with van der Waals surface area (Å²) in [4.78, 5) is 64.0. The second-order valence-corrected chi connectivity index (χ2v) is 21.2. The Morgan fingerprint density at radius 2 is 1.81 bits per heavy atom. The van der Waals surface area contributed by atoms with Crippen molar-refractivity contribution in [1.82, 2.24) is 25.2 Å². The van der Waals surface area contributed by atoms with Gasteiger partial charge in [-0.1, -0.05) is 51.0 Å². The molecule has 13 nitrogen and oxygen atoms in total. The Balaban J connectivity index is 1.07. The maximum atomic E-state index is 15.1. The molecule has 7 aliphatic rings. The maximum Gasteiger partial charge on any atom is 0.408 e. The van der Waals surface area contributed by atoms with E-state index < -0.39 is 79.1 Å². The fraction of sp³-hybridized carbons (Fsp3) is 0.659.